The van der Waals surface area contributed by atoms with Crippen molar-refractivity contribution in [2.45, 2.75) is 0 Å². The number of carbonyl (C=O) groups is 8. The van der Waals surface area contributed by atoms with E-state index >= 15 is 0 Å². The molecule has 0 unspecified atom stereocenters. The zero-order valence-electron chi connectivity index (χ0n) is 35.9. The van der Waals surface area contributed by atoms with Gasteiger partial charge in [0.15, 0.2) is 0 Å². The van der Waals surface area contributed by atoms with Crippen molar-refractivity contribution in [1.29, 1.82) is 0 Å². The van der Waals surface area contributed by atoms with Crippen molar-refractivity contribution >= 4 is 94.1 Å². The summed E-state index contributed by atoms with van der Waals surface area (Å²) in [6.45, 7) is 0. The molecular formula is C52H20N4O16-10. The summed E-state index contributed by atoms with van der Waals surface area (Å²) < 4.78 is 0. The molecule has 0 atom stereocenters. The second-order valence-corrected chi connectivity index (χ2v) is 15.9. The first-order valence-electron chi connectivity index (χ1n) is 20.6. The van der Waals surface area contributed by atoms with E-state index in [0.29, 0.717) is 0 Å². The molecule has 9 rings (SSSR count). The van der Waals surface area contributed by atoms with E-state index in [9.17, 15) is 79.2 Å². The van der Waals surface area contributed by atoms with Gasteiger partial charge in [0.1, 0.15) is 0 Å². The van der Waals surface area contributed by atoms with Gasteiger partial charge in [0.05, 0.1) is 70.5 Å². The van der Waals surface area contributed by atoms with E-state index < -0.39 is 92.3 Å². The van der Waals surface area contributed by atoms with Crippen LogP contribution in [0.5, 0.6) is 0 Å². The van der Waals surface area contributed by atoms with Crippen LogP contribution in [0.3, 0.4) is 0 Å². The molecule has 0 aliphatic carbocycles. The standard InChI is InChI=1S/C52H30N4O16/c57-45(58)25-9-21(10-26(17-25)46(59)60)41-33-1-2-34(53-33)42(22-11-27(47(61)62)18-28(12-22)48(63)64)36-5-6-38(55-36)44(24-15-31(51(69)70)20-32(16-24)52(71)72)40-8-7-39(56-40)43(37-4-3-35(41)54-37)23-13-29(49(65)66)19-30(14-23)50(67)68/h1-20H,(H10,53,54,55,56,57,58,59,60,61,62,63,64,65,66,67,68,69,70,71,72)/p-10. The highest BCUT2D eigenvalue weighted by molar-refractivity contribution is 6.05. The van der Waals surface area contributed by atoms with Crippen molar-refractivity contribution in [3.8, 4) is 44.5 Å². The number of benzene rings is 4. The number of fused-ring (bicyclic) bond motifs is 8. The van der Waals surface area contributed by atoms with Gasteiger partial charge in [0, 0.05) is 0 Å². The van der Waals surface area contributed by atoms with Crippen LogP contribution in [0, 0.1) is 0 Å². The van der Waals surface area contributed by atoms with Crippen LogP contribution in [0.25, 0.3) is 90.9 Å². The summed E-state index contributed by atoms with van der Waals surface area (Å²) >= 11 is 0. The number of carboxylic acid groups (broad SMARTS) is 8. The van der Waals surface area contributed by atoms with Crippen LogP contribution in [0.4, 0.5) is 0 Å². The van der Waals surface area contributed by atoms with Crippen molar-refractivity contribution in [1.82, 2.24) is 19.9 Å². The number of aromatic carboxylic acids is 8. The molecule has 3 aromatic heterocycles. The minimum Gasteiger partial charge on any atom is -0.657 e. The lowest BCUT2D eigenvalue weighted by Gasteiger charge is -2.17. The van der Waals surface area contributed by atoms with Gasteiger partial charge in [-0.2, -0.15) is 0 Å². The van der Waals surface area contributed by atoms with Crippen LogP contribution in [0.15, 0.2) is 97.1 Å². The predicted octanol–water partition coefficient (Wildman–Crippen LogP) is -2.51. The Morgan fingerprint density at radius 2 is 0.444 bits per heavy atom. The van der Waals surface area contributed by atoms with Crippen LogP contribution in [0.1, 0.15) is 106 Å². The zero-order valence-corrected chi connectivity index (χ0v) is 35.9. The van der Waals surface area contributed by atoms with Crippen molar-refractivity contribution in [2.75, 3.05) is 0 Å². The Balaban J connectivity index is 1.54. The summed E-state index contributed by atoms with van der Waals surface area (Å²) in [5, 5.41) is 98.4. The van der Waals surface area contributed by atoms with Gasteiger partial charge in [0.25, 0.3) is 0 Å². The molecule has 2 aliphatic rings. The first kappa shape index (κ1) is 46.4. The maximum absolute atomic E-state index is 12.3. The smallest absolute Gasteiger partial charge is 0.0715 e. The monoisotopic (exact) mass is 956 g/mol. The molecule has 7 aromatic rings. The van der Waals surface area contributed by atoms with Crippen LogP contribution in [0.2, 0.25) is 0 Å². The third kappa shape index (κ3) is 8.56. The number of aromatic nitrogens is 4. The van der Waals surface area contributed by atoms with Crippen LogP contribution < -0.4 is 50.8 Å². The summed E-state index contributed by atoms with van der Waals surface area (Å²) in [5.74, 6) is -14.4. The maximum atomic E-state index is 12.3. The normalized spacial score (nSPS) is 11.6. The molecule has 20 heteroatoms. The number of carbonyl (C=O) groups excluding carboxylic acids is 8. The minimum atomic E-state index is -1.80. The van der Waals surface area contributed by atoms with Gasteiger partial charge in [0.2, 0.25) is 0 Å². The third-order valence-corrected chi connectivity index (χ3v) is 11.4. The Kier molecular flexibility index (Phi) is 11.4. The van der Waals surface area contributed by atoms with Gasteiger partial charge < -0.3 is 89.2 Å². The van der Waals surface area contributed by atoms with E-state index in [1.54, 1.807) is 0 Å². The number of carboxylic acids is 8. The second kappa shape index (κ2) is 17.7. The van der Waals surface area contributed by atoms with Crippen molar-refractivity contribution < 1.29 is 79.2 Å². The van der Waals surface area contributed by atoms with E-state index in [0.717, 1.165) is 72.8 Å². The molecule has 72 heavy (non-hydrogen) atoms. The summed E-state index contributed by atoms with van der Waals surface area (Å²) in [5.41, 5.74) is -6.64. The second-order valence-electron chi connectivity index (χ2n) is 15.9. The summed E-state index contributed by atoms with van der Waals surface area (Å²) in [6.07, 6.45) is 5.46. The fraction of sp³-hybridized carbons (Fsp3) is 0. The van der Waals surface area contributed by atoms with Gasteiger partial charge in [-0.25, -0.2) is 9.97 Å². The number of rotatable bonds is 12. The van der Waals surface area contributed by atoms with E-state index in [-0.39, 0.29) is 89.4 Å². The molecule has 354 valence electrons. The molecule has 0 spiro atoms. The van der Waals surface area contributed by atoms with Crippen molar-refractivity contribution in [3.63, 3.8) is 0 Å². The Hall–Kier alpha value is -10.8. The largest absolute Gasteiger partial charge is 0.657 e. The molecule has 0 radical (unpaired) electrons. The van der Waals surface area contributed by atoms with E-state index in [4.69, 9.17) is 19.9 Å². The van der Waals surface area contributed by atoms with Gasteiger partial charge in [-0.15, -0.1) is 22.1 Å². The fourth-order valence-electron chi connectivity index (χ4n) is 8.30. The predicted molar refractivity (Wildman–Crippen MR) is 233 cm³/mol. The van der Waals surface area contributed by atoms with Crippen molar-refractivity contribution in [2.24, 2.45) is 0 Å². The maximum Gasteiger partial charge on any atom is 0.0715 e. The molecule has 0 saturated carbocycles. The van der Waals surface area contributed by atoms with E-state index in [1.807, 2.05) is 0 Å². The SMILES string of the molecule is O=C([O-])c1cc(C(=O)[O-])cc(-c2c3nc(c(-c4cc(C(=O)[O-])cc(C(=O)[O-])c4)c4ccc([n-]4)c(-c4cc(C(=O)[O-])cc(C(=O)[O-])c4)c4nc(c(-c5cc(C(=O)[O-])cc(C(=O)[O-])c5)c5ccc2[n-]5)C=C4)C=C3)c1. The molecule has 4 aromatic carbocycles. The highest BCUT2D eigenvalue weighted by atomic mass is 16.4. The number of hydrogen-bond donors (Lipinski definition) is 0. The highest BCUT2D eigenvalue weighted by Gasteiger charge is 2.19. The van der Waals surface area contributed by atoms with E-state index in [2.05, 4.69) is 0 Å². The van der Waals surface area contributed by atoms with Crippen molar-refractivity contribution in [3.05, 3.63) is 164 Å². The molecule has 0 N–H and O–H groups in total. The van der Waals surface area contributed by atoms with Gasteiger partial charge in [-0.05, 0) is 186 Å². The summed E-state index contributed by atoms with van der Waals surface area (Å²) in [4.78, 5) is 118. The highest BCUT2D eigenvalue weighted by Crippen LogP contribution is 2.39. The molecule has 20 nitrogen and oxygen atoms in total. The lowest BCUT2D eigenvalue weighted by Crippen LogP contribution is -2.25. The van der Waals surface area contributed by atoms with Gasteiger partial charge in [-0.1, -0.05) is 24.3 Å². The Labute approximate surface area is 401 Å². The van der Waals surface area contributed by atoms with Gasteiger partial charge >= 0.3 is 0 Å². The fourth-order valence-corrected chi connectivity index (χ4v) is 8.30. The molecule has 0 saturated heterocycles. The Morgan fingerprint density at radius 1 is 0.278 bits per heavy atom. The average molecular weight is 957 g/mol. The lowest BCUT2D eigenvalue weighted by molar-refractivity contribution is -0.257. The lowest BCUT2D eigenvalue weighted by atomic mass is 9.98. The third-order valence-electron chi connectivity index (χ3n) is 11.4. The molecule has 2 aliphatic heterocycles. The van der Waals surface area contributed by atoms with Crippen LogP contribution >= 0.6 is 0 Å². The molecular weight excluding hydrogens is 937 g/mol. The Bertz CT molecular complexity index is 3290. The number of hydrogen-bond acceptors (Lipinski definition) is 18. The first-order valence-corrected chi connectivity index (χ1v) is 20.6. The van der Waals surface area contributed by atoms with Crippen LogP contribution in [-0.2, 0) is 0 Å². The number of nitrogens with zero attached hydrogens (tertiary/aromatic N) is 4. The average Bonchev–Trinajstić information content (AvgIpc) is 4.19. The molecule has 0 amide bonds. The van der Waals surface area contributed by atoms with Gasteiger partial charge in [-0.3, -0.25) is 0 Å². The molecule has 5 heterocycles. The quantitative estimate of drug-likeness (QED) is 0.122. The van der Waals surface area contributed by atoms with Crippen LogP contribution in [-0.4, -0.2) is 57.7 Å². The summed E-state index contributed by atoms with van der Waals surface area (Å²) in [6, 6.07) is 17.0. The summed E-state index contributed by atoms with van der Waals surface area (Å²) in [7, 11) is 0. The topological polar surface area (TPSA) is 375 Å². The Morgan fingerprint density at radius 3 is 0.597 bits per heavy atom. The molecule has 8 bridgehead atoms. The minimum absolute atomic E-state index is 0.0822. The first-order chi connectivity index (χ1) is 34.2. The molecule has 0 fully saturated rings. The van der Waals surface area contributed by atoms with E-state index in [1.165, 1.54) is 48.6 Å². The zero-order chi connectivity index (χ0) is 51.4.